The van der Waals surface area contributed by atoms with Gasteiger partial charge in [0.2, 0.25) is 5.91 Å². The molecule has 0 radical (unpaired) electrons. The molecule has 1 aliphatic rings. The summed E-state index contributed by atoms with van der Waals surface area (Å²) in [6, 6.07) is 7.72. The summed E-state index contributed by atoms with van der Waals surface area (Å²) in [5, 5.41) is 0.619. The molecule has 0 saturated heterocycles. The van der Waals surface area contributed by atoms with Crippen LogP contribution in [0.3, 0.4) is 0 Å². The summed E-state index contributed by atoms with van der Waals surface area (Å²) in [5.41, 5.74) is 1.90. The van der Waals surface area contributed by atoms with Gasteiger partial charge in [-0.2, -0.15) is 0 Å². The number of aromatic nitrogens is 2. The monoisotopic (exact) mass is 357 g/mol. The van der Waals surface area contributed by atoms with Crippen molar-refractivity contribution in [1.82, 2.24) is 9.97 Å². The molecule has 1 amide bonds. The number of amides is 1. The predicted octanol–water partition coefficient (Wildman–Crippen LogP) is 3.90. The molecule has 3 rings (SSSR count). The summed E-state index contributed by atoms with van der Waals surface area (Å²) in [4.78, 5) is 23.3. The standard InChI is InChI=1S/C19H23N3O2S/c1-13-11-19(2,3)22(16-7-6-14(24-4)10-15(13)16)17(23)12-25-18-20-8-5-9-21-18/h5-10,13H,11-12H2,1-4H3/t13-/m0/s1. The molecule has 1 atom stereocenters. The van der Waals surface area contributed by atoms with Crippen molar-refractivity contribution in [3.8, 4) is 5.75 Å². The van der Waals surface area contributed by atoms with E-state index in [0.29, 0.717) is 16.8 Å². The van der Waals surface area contributed by atoms with Crippen molar-refractivity contribution in [1.29, 1.82) is 0 Å². The van der Waals surface area contributed by atoms with E-state index >= 15 is 0 Å². The summed E-state index contributed by atoms with van der Waals surface area (Å²) in [7, 11) is 1.67. The fourth-order valence-electron chi connectivity index (χ4n) is 3.56. The number of thioether (sulfide) groups is 1. The Hall–Kier alpha value is -2.08. The van der Waals surface area contributed by atoms with E-state index in [1.165, 1.54) is 11.8 Å². The Morgan fingerprint density at radius 2 is 2.08 bits per heavy atom. The van der Waals surface area contributed by atoms with Crippen molar-refractivity contribution >= 4 is 23.4 Å². The summed E-state index contributed by atoms with van der Waals surface area (Å²) >= 11 is 1.37. The average Bonchev–Trinajstić information content (AvgIpc) is 2.60. The number of hydrogen-bond donors (Lipinski definition) is 0. The second-order valence-electron chi connectivity index (χ2n) is 6.89. The van der Waals surface area contributed by atoms with E-state index < -0.39 is 0 Å². The zero-order valence-electron chi connectivity index (χ0n) is 15.0. The van der Waals surface area contributed by atoms with E-state index in [4.69, 9.17) is 4.74 Å². The Morgan fingerprint density at radius 1 is 1.36 bits per heavy atom. The lowest BCUT2D eigenvalue weighted by molar-refractivity contribution is -0.117. The Morgan fingerprint density at radius 3 is 2.76 bits per heavy atom. The smallest absolute Gasteiger partial charge is 0.237 e. The molecule has 132 valence electrons. The number of ether oxygens (including phenoxy) is 1. The molecule has 0 fully saturated rings. The number of nitrogens with zero attached hydrogens (tertiary/aromatic N) is 3. The van der Waals surface area contributed by atoms with Crippen LogP contribution in [0.1, 0.15) is 38.7 Å². The van der Waals surface area contributed by atoms with Crippen LogP contribution in [-0.2, 0) is 4.79 Å². The van der Waals surface area contributed by atoms with Crippen LogP contribution in [0.2, 0.25) is 0 Å². The fourth-order valence-corrected chi connectivity index (χ4v) is 4.21. The SMILES string of the molecule is COc1ccc2c(c1)[C@@H](C)CC(C)(C)N2C(=O)CSc1ncccn1. The Labute approximate surface area is 152 Å². The van der Waals surface area contributed by atoms with Crippen molar-refractivity contribution in [2.45, 2.75) is 43.8 Å². The van der Waals surface area contributed by atoms with E-state index in [0.717, 1.165) is 23.4 Å². The van der Waals surface area contributed by atoms with E-state index in [2.05, 4.69) is 30.7 Å². The maximum atomic E-state index is 13.0. The highest BCUT2D eigenvalue weighted by atomic mass is 32.2. The van der Waals surface area contributed by atoms with Crippen LogP contribution in [-0.4, -0.2) is 34.3 Å². The van der Waals surface area contributed by atoms with Crippen LogP contribution in [0.25, 0.3) is 0 Å². The average molecular weight is 357 g/mol. The maximum Gasteiger partial charge on any atom is 0.237 e. The third-order valence-electron chi connectivity index (χ3n) is 4.53. The number of anilines is 1. The first-order valence-corrected chi connectivity index (χ1v) is 9.32. The molecule has 25 heavy (non-hydrogen) atoms. The van der Waals surface area contributed by atoms with E-state index in [-0.39, 0.29) is 11.4 Å². The number of carbonyl (C=O) groups excluding carboxylic acids is 1. The number of methoxy groups -OCH3 is 1. The molecule has 0 saturated carbocycles. The summed E-state index contributed by atoms with van der Waals surface area (Å²) in [5.74, 6) is 1.58. The van der Waals surface area contributed by atoms with Gasteiger partial charge in [0.25, 0.3) is 0 Å². The molecule has 1 aromatic carbocycles. The van der Waals surface area contributed by atoms with Crippen molar-refractivity contribution in [2.24, 2.45) is 0 Å². The van der Waals surface area contributed by atoms with Gasteiger partial charge >= 0.3 is 0 Å². The lowest BCUT2D eigenvalue weighted by Gasteiger charge is -2.46. The Kier molecular flexibility index (Phi) is 4.99. The number of carbonyl (C=O) groups is 1. The molecular weight excluding hydrogens is 334 g/mol. The molecule has 6 heteroatoms. The second-order valence-corrected chi connectivity index (χ2v) is 7.83. The molecule has 0 aliphatic carbocycles. The third-order valence-corrected chi connectivity index (χ3v) is 5.39. The quantitative estimate of drug-likeness (QED) is 0.614. The zero-order chi connectivity index (χ0) is 18.0. The van der Waals surface area contributed by atoms with Crippen molar-refractivity contribution in [2.75, 3.05) is 17.8 Å². The van der Waals surface area contributed by atoms with Crippen molar-refractivity contribution < 1.29 is 9.53 Å². The van der Waals surface area contributed by atoms with E-state index in [1.807, 2.05) is 23.1 Å². The topological polar surface area (TPSA) is 55.3 Å². The number of benzene rings is 1. The van der Waals surface area contributed by atoms with E-state index in [1.54, 1.807) is 25.6 Å². The van der Waals surface area contributed by atoms with Gasteiger partial charge in [0.05, 0.1) is 12.9 Å². The van der Waals surface area contributed by atoms with Crippen LogP contribution >= 0.6 is 11.8 Å². The van der Waals surface area contributed by atoms with Gasteiger partial charge in [-0.3, -0.25) is 4.79 Å². The summed E-state index contributed by atoms with van der Waals surface area (Å²) in [6.07, 6.45) is 4.28. The Bertz CT molecular complexity index is 765. The van der Waals surface area contributed by atoms with Gasteiger partial charge in [-0.15, -0.1) is 0 Å². The molecule has 0 N–H and O–H groups in total. The first kappa shape index (κ1) is 17.7. The molecule has 1 aromatic heterocycles. The van der Waals surface area contributed by atoms with Crippen LogP contribution in [0.15, 0.2) is 41.8 Å². The first-order valence-electron chi connectivity index (χ1n) is 8.33. The van der Waals surface area contributed by atoms with Gasteiger partial charge in [-0.05, 0) is 56.0 Å². The molecule has 0 spiro atoms. The largest absolute Gasteiger partial charge is 0.497 e. The maximum absolute atomic E-state index is 13.0. The third kappa shape index (κ3) is 3.63. The van der Waals surface area contributed by atoms with Crippen LogP contribution < -0.4 is 9.64 Å². The van der Waals surface area contributed by atoms with Gasteiger partial charge in [-0.25, -0.2) is 9.97 Å². The molecule has 0 unspecified atom stereocenters. The number of rotatable bonds is 4. The molecular formula is C19H23N3O2S. The van der Waals surface area contributed by atoms with Crippen molar-refractivity contribution in [3.05, 3.63) is 42.2 Å². The normalized spacial score (nSPS) is 18.6. The van der Waals surface area contributed by atoms with Gasteiger partial charge in [-0.1, -0.05) is 18.7 Å². The van der Waals surface area contributed by atoms with Gasteiger partial charge in [0, 0.05) is 23.6 Å². The van der Waals surface area contributed by atoms with Crippen LogP contribution in [0.5, 0.6) is 5.75 Å². The molecule has 2 aromatic rings. The fraction of sp³-hybridized carbons (Fsp3) is 0.421. The number of hydrogen-bond acceptors (Lipinski definition) is 5. The summed E-state index contributed by atoms with van der Waals surface area (Å²) in [6.45, 7) is 6.45. The second kappa shape index (κ2) is 7.04. The summed E-state index contributed by atoms with van der Waals surface area (Å²) < 4.78 is 5.36. The minimum atomic E-state index is -0.240. The van der Waals surface area contributed by atoms with E-state index in [9.17, 15) is 4.79 Å². The molecule has 1 aliphatic heterocycles. The van der Waals surface area contributed by atoms with Gasteiger partial charge in [0.1, 0.15) is 5.75 Å². The highest BCUT2D eigenvalue weighted by Crippen LogP contribution is 2.44. The van der Waals surface area contributed by atoms with Gasteiger partial charge in [0.15, 0.2) is 5.16 Å². The zero-order valence-corrected chi connectivity index (χ0v) is 15.8. The highest BCUT2D eigenvalue weighted by molar-refractivity contribution is 7.99. The molecule has 0 bridgehead atoms. The lowest BCUT2D eigenvalue weighted by Crippen LogP contribution is -2.52. The first-order chi connectivity index (χ1) is 11.9. The number of fused-ring (bicyclic) bond motifs is 1. The molecule has 2 heterocycles. The minimum Gasteiger partial charge on any atom is -0.497 e. The highest BCUT2D eigenvalue weighted by Gasteiger charge is 2.39. The molecule has 5 nitrogen and oxygen atoms in total. The Balaban J connectivity index is 1.88. The minimum absolute atomic E-state index is 0.0702. The van der Waals surface area contributed by atoms with Gasteiger partial charge < -0.3 is 9.64 Å². The van der Waals surface area contributed by atoms with Crippen LogP contribution in [0.4, 0.5) is 5.69 Å². The lowest BCUT2D eigenvalue weighted by atomic mass is 9.80. The predicted molar refractivity (Wildman–Crippen MR) is 100 cm³/mol. The van der Waals surface area contributed by atoms with Crippen LogP contribution in [0, 0.1) is 0 Å². The van der Waals surface area contributed by atoms with Crippen molar-refractivity contribution in [3.63, 3.8) is 0 Å².